The highest BCUT2D eigenvalue weighted by atomic mass is 32.2. The Balaban J connectivity index is 1.23. The highest BCUT2D eigenvalue weighted by molar-refractivity contribution is 7.99. The molecule has 4 aliphatic rings. The SMILES string of the molecule is CC[C@H](C)[C@@H]1NC(=O)CNC(=O)[C@H]2CC(=O)[C@H]([C@@H](C)[C@@H](O)CO)NC(=O)C3C[C@@H](OC(=O)NCCCCCCCC(=O)CCCCCN4C(=O)C=CC4=O)CN3C(=O)[C@H](CC(N)=O)CC(=O)[C@H](CSc3[nH]c4cc(O)ccc4c3C2)NC(=O)CNC1=O. The van der Waals surface area contributed by atoms with E-state index in [2.05, 4.69) is 36.9 Å². The van der Waals surface area contributed by atoms with Crippen LogP contribution in [-0.4, -0.2) is 188 Å². The van der Waals surface area contributed by atoms with Gasteiger partial charge in [-0.05, 0) is 55.7 Å². The van der Waals surface area contributed by atoms with Crippen LogP contribution in [0.15, 0.2) is 35.4 Å². The molecule has 10 atom stereocenters. The Morgan fingerprint density at radius 1 is 0.793 bits per heavy atom. The van der Waals surface area contributed by atoms with Crippen molar-refractivity contribution in [2.75, 3.05) is 45.1 Å². The number of nitrogens with zero attached hydrogens (tertiary/aromatic N) is 2. The van der Waals surface area contributed by atoms with E-state index in [9.17, 15) is 77.6 Å². The molecule has 0 spiro atoms. The molecule has 1 aromatic heterocycles. The van der Waals surface area contributed by atoms with Crippen molar-refractivity contribution in [3.8, 4) is 5.75 Å². The number of unbranched alkanes of at least 4 members (excludes halogenated alkanes) is 6. The Kier molecular flexibility index (Phi) is 25.8. The lowest BCUT2D eigenvalue weighted by molar-refractivity contribution is -0.145. The number of hydrogen-bond acceptors (Lipinski definition) is 18. The number of aromatic nitrogens is 1. The molecule has 0 aliphatic carbocycles. The molecule has 2 aromatic rings. The van der Waals surface area contributed by atoms with Crippen LogP contribution in [0.2, 0.25) is 0 Å². The van der Waals surface area contributed by atoms with Gasteiger partial charge in [-0.15, -0.1) is 11.8 Å². The third kappa shape index (κ3) is 19.6. The number of alkyl carbamates (subject to hydrolysis) is 1. The first kappa shape index (κ1) is 68.4. The van der Waals surface area contributed by atoms with Gasteiger partial charge in [0.15, 0.2) is 11.6 Å². The summed E-state index contributed by atoms with van der Waals surface area (Å²) in [5.74, 6) is -13.5. The topological polar surface area (TPSA) is 412 Å². The number of thioether (sulfide) groups is 1. The molecule has 0 saturated carbocycles. The second-order valence-electron chi connectivity index (χ2n) is 22.9. The zero-order valence-corrected chi connectivity index (χ0v) is 50.2. The fraction of sp³-hybridized carbons (Fsp3) is 0.610. The third-order valence-electron chi connectivity index (χ3n) is 16.4. The summed E-state index contributed by atoms with van der Waals surface area (Å²) in [6.07, 6.45) is 2.60. The van der Waals surface area contributed by atoms with E-state index >= 15 is 0 Å². The number of aromatic amines is 1. The van der Waals surface area contributed by atoms with Crippen LogP contribution in [0.1, 0.15) is 123 Å². The number of carbonyl (C=O) groups is 13. The summed E-state index contributed by atoms with van der Waals surface area (Å²) in [5, 5.41) is 48.1. The predicted octanol–water partition coefficient (Wildman–Crippen LogP) is 0.375. The summed E-state index contributed by atoms with van der Waals surface area (Å²) in [7, 11) is 0. The molecule has 4 aliphatic heterocycles. The Hall–Kier alpha value is -7.72. The minimum Gasteiger partial charge on any atom is -0.508 e. The number of hydrogen-bond donors (Lipinski definition) is 11. The number of phenols is 1. The number of nitrogens with one attached hydrogen (secondary N) is 7. The lowest BCUT2D eigenvalue weighted by atomic mass is 9.85. The van der Waals surface area contributed by atoms with E-state index < -0.39 is 165 Å². The average Bonchev–Trinajstić information content (AvgIpc) is 2.27. The maximum absolute atomic E-state index is 15.0. The number of Topliss-reactive ketones (excluding diaryl/α,β-unsaturated/α-hetero) is 3. The molecule has 2 bridgehead atoms. The number of ether oxygens (including phenoxy) is 1. The van der Waals surface area contributed by atoms with Gasteiger partial charge in [0, 0.05) is 92.8 Å². The summed E-state index contributed by atoms with van der Waals surface area (Å²) >= 11 is 0.993. The van der Waals surface area contributed by atoms with E-state index in [1.807, 2.05) is 0 Å². The van der Waals surface area contributed by atoms with E-state index in [1.54, 1.807) is 19.9 Å². The quantitative estimate of drug-likeness (QED) is 0.0560. The summed E-state index contributed by atoms with van der Waals surface area (Å²) in [6, 6.07) is -1.59. The summed E-state index contributed by atoms with van der Waals surface area (Å²) in [4.78, 5) is 182. The van der Waals surface area contributed by atoms with Crippen molar-refractivity contribution in [3.05, 3.63) is 35.9 Å². The van der Waals surface area contributed by atoms with Crippen molar-refractivity contribution in [1.82, 2.24) is 46.7 Å². The number of nitrogens with two attached hydrogens (primary N) is 1. The molecule has 12 N–H and O–H groups in total. The number of rotatable bonds is 22. The van der Waals surface area contributed by atoms with E-state index in [1.165, 1.54) is 36.1 Å². The largest absolute Gasteiger partial charge is 0.508 e. The molecular formula is C59H82N10O17S. The number of primary amides is 1. The van der Waals surface area contributed by atoms with Gasteiger partial charge in [-0.2, -0.15) is 0 Å². The normalized spacial score (nSPS) is 24.1. The predicted molar refractivity (Wildman–Crippen MR) is 313 cm³/mol. The molecule has 87 heavy (non-hydrogen) atoms. The Morgan fingerprint density at radius 3 is 2.13 bits per heavy atom. The number of ketones is 3. The van der Waals surface area contributed by atoms with Crippen molar-refractivity contribution in [1.29, 1.82) is 0 Å². The number of phenolic OH excluding ortho intramolecular Hbond substituents is 1. The molecule has 27 nitrogen and oxygen atoms in total. The van der Waals surface area contributed by atoms with Gasteiger partial charge in [-0.25, -0.2) is 4.79 Å². The van der Waals surface area contributed by atoms with Gasteiger partial charge >= 0.3 is 6.09 Å². The van der Waals surface area contributed by atoms with Crippen LogP contribution >= 0.6 is 11.8 Å². The highest BCUT2D eigenvalue weighted by Crippen LogP contribution is 2.36. The maximum Gasteiger partial charge on any atom is 0.407 e. The zero-order valence-electron chi connectivity index (χ0n) is 49.4. The smallest absolute Gasteiger partial charge is 0.407 e. The molecular weight excluding hydrogens is 1150 g/mol. The van der Waals surface area contributed by atoms with Gasteiger partial charge in [0.1, 0.15) is 29.7 Å². The third-order valence-corrected chi connectivity index (χ3v) is 17.5. The van der Waals surface area contributed by atoms with Gasteiger partial charge in [0.2, 0.25) is 41.4 Å². The van der Waals surface area contributed by atoms with E-state index in [-0.39, 0.29) is 48.5 Å². The van der Waals surface area contributed by atoms with Crippen LogP contribution in [-0.2, 0) is 68.7 Å². The number of aliphatic hydroxyl groups is 2. The monoisotopic (exact) mass is 1230 g/mol. The number of aromatic hydroxyl groups is 1. The molecule has 10 amide bonds. The molecule has 1 aromatic carbocycles. The van der Waals surface area contributed by atoms with Gasteiger partial charge in [-0.3, -0.25) is 62.4 Å². The van der Waals surface area contributed by atoms with Gasteiger partial charge < -0.3 is 67.6 Å². The first-order chi connectivity index (χ1) is 41.5. The number of carbonyl (C=O) groups excluding carboxylic acids is 13. The minimum atomic E-state index is -1.68. The summed E-state index contributed by atoms with van der Waals surface area (Å²) < 4.78 is 5.74. The highest BCUT2D eigenvalue weighted by Gasteiger charge is 2.46. The number of amides is 10. The Bertz CT molecular complexity index is 2920. The molecule has 5 heterocycles. The van der Waals surface area contributed by atoms with Crippen LogP contribution in [0.25, 0.3) is 10.9 Å². The van der Waals surface area contributed by atoms with Gasteiger partial charge in [0.05, 0.1) is 60.9 Å². The van der Waals surface area contributed by atoms with E-state index in [4.69, 9.17) is 10.5 Å². The lowest BCUT2D eigenvalue weighted by Crippen LogP contribution is -2.56. The van der Waals surface area contributed by atoms with Crippen LogP contribution in [0.5, 0.6) is 5.75 Å². The Morgan fingerprint density at radius 2 is 1.45 bits per heavy atom. The summed E-state index contributed by atoms with van der Waals surface area (Å²) in [5.41, 5.74) is 6.46. The minimum absolute atomic E-state index is 0.129. The summed E-state index contributed by atoms with van der Waals surface area (Å²) in [6.45, 7) is 2.62. The Labute approximate surface area is 507 Å². The number of H-pyrrole nitrogens is 1. The second-order valence-corrected chi connectivity index (χ2v) is 23.9. The zero-order chi connectivity index (χ0) is 63.5. The first-order valence-electron chi connectivity index (χ1n) is 29.8. The maximum atomic E-state index is 15.0. The molecule has 1 unspecified atom stereocenters. The van der Waals surface area contributed by atoms with Crippen LogP contribution < -0.4 is 37.6 Å². The van der Waals surface area contributed by atoms with Crippen molar-refractivity contribution >= 4 is 99.3 Å². The fourth-order valence-electron chi connectivity index (χ4n) is 11.1. The number of fused-ring (bicyclic) bond motifs is 5. The van der Waals surface area contributed by atoms with Crippen molar-refractivity contribution in [2.24, 2.45) is 29.4 Å². The van der Waals surface area contributed by atoms with Gasteiger partial charge in [-0.1, -0.05) is 52.9 Å². The van der Waals surface area contributed by atoms with Crippen LogP contribution in [0, 0.1) is 23.7 Å². The molecule has 0 radical (unpaired) electrons. The fourth-order valence-corrected chi connectivity index (χ4v) is 12.2. The average molecular weight is 1240 g/mol. The number of benzene rings is 1. The van der Waals surface area contributed by atoms with E-state index in [0.717, 1.165) is 29.5 Å². The first-order valence-corrected chi connectivity index (χ1v) is 30.8. The van der Waals surface area contributed by atoms with Crippen molar-refractivity contribution < 1.29 is 82.4 Å². The molecule has 28 heteroatoms. The molecule has 476 valence electrons. The van der Waals surface area contributed by atoms with Gasteiger partial charge in [0.25, 0.3) is 11.8 Å². The van der Waals surface area contributed by atoms with Crippen molar-refractivity contribution in [2.45, 2.75) is 165 Å². The van der Waals surface area contributed by atoms with Crippen LogP contribution in [0.4, 0.5) is 4.79 Å². The van der Waals surface area contributed by atoms with Crippen LogP contribution in [0.3, 0.4) is 0 Å². The second kappa shape index (κ2) is 32.9. The molecule has 1 saturated heterocycles. The molecule has 6 rings (SSSR count). The molecule has 1 fully saturated rings. The number of imide groups is 1. The number of aliphatic hydroxyl groups excluding tert-OH is 2. The lowest BCUT2D eigenvalue weighted by Gasteiger charge is -2.32. The standard InChI is InChI=1S/C59H82N10O17S/c1-4-32(2)52-56(83)63-27-48(77)64-42-31-87-57-40(39-16-15-37(72)25-41(39)65-57)21-34(54(81)62-28-49(78)66-52)22-45(74)53(33(3)46(75)30-70)67-55(82)43-26-38(29-69(43)58(84)35(23-44(42)73)24-47(60)76)86-59(85)61-19-11-7-5-6-9-13-36(71)14-10-8-12-20-68-50(79)17-18-51(68)80/h15-18,25,32-35,38,42-43,46,52-53,65,70,72,75H,4-14,19-24,26-31H2,1-3H3,(H2,60,76)(H,61,85)(H,62,81)(H,63,83)(H,64,77)(H,66,78)(H,67,82)/t32-,33-,34+,35-,38+,42-,43?,46-,52-,53-/m0/s1. The van der Waals surface area contributed by atoms with E-state index in [0.29, 0.717) is 85.8 Å². The van der Waals surface area contributed by atoms with Crippen molar-refractivity contribution in [3.63, 3.8) is 0 Å².